The quantitative estimate of drug-likeness (QED) is 0.507. The van der Waals surface area contributed by atoms with Gasteiger partial charge in [0.1, 0.15) is 0 Å². The molecule has 1 aromatic heterocycles. The molecule has 1 N–H and O–H groups in total. The standard InChI is InChI=1S/C21H20N2O3S2/c1-22-19-9-4-5-10-20(19)27-21(22)15-17-12-11-16-7-2-3-8-18(16)23(17)13-6-14-28(24,25)26/h2-5,7-12,15H,6,13-14H2,1H3/p+1. The first-order chi connectivity index (χ1) is 13.4. The third-order valence-corrected chi connectivity index (χ3v) is 6.77. The highest BCUT2D eigenvalue weighted by Crippen LogP contribution is 2.45. The van der Waals surface area contributed by atoms with Crippen molar-refractivity contribution in [2.75, 3.05) is 17.7 Å². The van der Waals surface area contributed by atoms with Crippen LogP contribution in [0, 0.1) is 0 Å². The molecule has 0 spiro atoms. The molecule has 2 heterocycles. The number of hydrogen-bond donors (Lipinski definition) is 1. The predicted molar refractivity (Wildman–Crippen MR) is 114 cm³/mol. The minimum atomic E-state index is -3.97. The second-order valence-corrected chi connectivity index (χ2v) is 9.35. The Hall–Kier alpha value is -2.35. The summed E-state index contributed by atoms with van der Waals surface area (Å²) in [5.41, 5.74) is 3.21. The van der Waals surface area contributed by atoms with Gasteiger partial charge < -0.3 is 4.90 Å². The SMILES string of the molecule is CN1C(=Cc2ccc3ccccc3[n+]2CCCS(=O)(=O)O)Sc2ccccc21. The van der Waals surface area contributed by atoms with Crippen molar-refractivity contribution in [1.29, 1.82) is 0 Å². The van der Waals surface area contributed by atoms with Crippen LogP contribution < -0.4 is 9.47 Å². The van der Waals surface area contributed by atoms with E-state index in [0.29, 0.717) is 13.0 Å². The fraction of sp³-hybridized carbons (Fsp3) is 0.190. The highest BCUT2D eigenvalue weighted by molar-refractivity contribution is 8.03. The van der Waals surface area contributed by atoms with Crippen molar-refractivity contribution in [1.82, 2.24) is 0 Å². The van der Waals surface area contributed by atoms with E-state index in [1.807, 2.05) is 43.4 Å². The van der Waals surface area contributed by atoms with Crippen LogP contribution in [0.3, 0.4) is 0 Å². The molecule has 0 atom stereocenters. The van der Waals surface area contributed by atoms with E-state index in [2.05, 4.69) is 39.8 Å². The van der Waals surface area contributed by atoms with Gasteiger partial charge in [-0.1, -0.05) is 36.0 Å². The summed E-state index contributed by atoms with van der Waals surface area (Å²) in [6.45, 7) is 0.502. The third-order valence-electron chi connectivity index (χ3n) is 4.80. The summed E-state index contributed by atoms with van der Waals surface area (Å²) >= 11 is 1.72. The Morgan fingerprint density at radius 2 is 1.82 bits per heavy atom. The normalized spacial score (nSPS) is 15.4. The summed E-state index contributed by atoms with van der Waals surface area (Å²) in [4.78, 5) is 3.38. The molecule has 0 saturated heterocycles. The molecule has 144 valence electrons. The van der Waals surface area contributed by atoms with Gasteiger partial charge in [0.15, 0.2) is 6.54 Å². The second kappa shape index (κ2) is 7.58. The lowest BCUT2D eigenvalue weighted by Crippen LogP contribution is -2.39. The summed E-state index contributed by atoms with van der Waals surface area (Å²) in [7, 11) is -1.92. The lowest BCUT2D eigenvalue weighted by molar-refractivity contribution is -0.673. The molecule has 0 saturated carbocycles. The molecule has 0 bridgehead atoms. The van der Waals surface area contributed by atoms with Gasteiger partial charge in [-0.2, -0.15) is 13.0 Å². The summed E-state index contributed by atoms with van der Waals surface area (Å²) in [5.74, 6) is -0.251. The van der Waals surface area contributed by atoms with E-state index in [9.17, 15) is 8.42 Å². The lowest BCUT2D eigenvalue weighted by atomic mass is 10.1. The van der Waals surface area contributed by atoms with Crippen LogP contribution in [0.15, 0.2) is 70.6 Å². The number of aryl methyl sites for hydroxylation is 1. The number of para-hydroxylation sites is 2. The molecule has 5 nitrogen and oxygen atoms in total. The van der Waals surface area contributed by atoms with E-state index >= 15 is 0 Å². The summed E-state index contributed by atoms with van der Waals surface area (Å²) in [5, 5.41) is 2.20. The smallest absolute Gasteiger partial charge is 0.265 e. The van der Waals surface area contributed by atoms with Crippen molar-refractivity contribution < 1.29 is 17.5 Å². The zero-order valence-corrected chi connectivity index (χ0v) is 17.1. The number of aromatic nitrogens is 1. The molecule has 0 fully saturated rings. The molecule has 1 aliphatic rings. The number of fused-ring (bicyclic) bond motifs is 2. The number of pyridine rings is 1. The first-order valence-electron chi connectivity index (χ1n) is 9.01. The molecular weight excluding hydrogens is 392 g/mol. The van der Waals surface area contributed by atoms with Crippen molar-refractivity contribution in [3.05, 3.63) is 71.4 Å². The van der Waals surface area contributed by atoms with Crippen LogP contribution in [-0.2, 0) is 16.7 Å². The number of nitrogens with zero attached hydrogens (tertiary/aromatic N) is 2. The average molecular weight is 414 g/mol. The van der Waals surface area contributed by atoms with Crippen molar-refractivity contribution in [2.24, 2.45) is 0 Å². The average Bonchev–Trinajstić information content (AvgIpc) is 2.98. The van der Waals surface area contributed by atoms with Crippen LogP contribution in [0.1, 0.15) is 12.1 Å². The van der Waals surface area contributed by atoms with E-state index in [4.69, 9.17) is 4.55 Å². The number of benzene rings is 2. The maximum Gasteiger partial charge on any atom is 0.265 e. The molecule has 0 aliphatic carbocycles. The van der Waals surface area contributed by atoms with Crippen LogP contribution in [0.25, 0.3) is 17.0 Å². The largest absolute Gasteiger partial charge is 0.338 e. The van der Waals surface area contributed by atoms with Gasteiger partial charge in [-0.3, -0.25) is 4.55 Å². The molecule has 4 rings (SSSR count). The zero-order chi connectivity index (χ0) is 19.7. The highest BCUT2D eigenvalue weighted by atomic mass is 32.2. The van der Waals surface area contributed by atoms with Crippen molar-refractivity contribution >= 4 is 44.5 Å². The Bertz CT molecular complexity index is 1170. The molecule has 28 heavy (non-hydrogen) atoms. The van der Waals surface area contributed by atoms with Gasteiger partial charge in [0.25, 0.3) is 10.1 Å². The maximum atomic E-state index is 11.1. The van der Waals surface area contributed by atoms with Gasteiger partial charge in [0.05, 0.1) is 16.5 Å². The number of hydrogen-bond acceptors (Lipinski definition) is 4. The van der Waals surface area contributed by atoms with E-state index in [-0.39, 0.29) is 5.75 Å². The first kappa shape index (κ1) is 19.0. The monoisotopic (exact) mass is 413 g/mol. The predicted octanol–water partition coefficient (Wildman–Crippen LogP) is 3.95. The van der Waals surface area contributed by atoms with Gasteiger partial charge in [-0.25, -0.2) is 0 Å². The van der Waals surface area contributed by atoms with Gasteiger partial charge in [0, 0.05) is 42.0 Å². The highest BCUT2D eigenvalue weighted by Gasteiger charge is 2.23. The molecule has 0 radical (unpaired) electrons. The Balaban J connectivity index is 1.74. The first-order valence-corrected chi connectivity index (χ1v) is 11.4. The molecular formula is C21H21N2O3S2+. The lowest BCUT2D eigenvalue weighted by Gasteiger charge is -2.13. The van der Waals surface area contributed by atoms with Crippen LogP contribution in [0.2, 0.25) is 0 Å². The molecule has 7 heteroatoms. The molecule has 0 amide bonds. The molecule has 2 aromatic carbocycles. The minimum absolute atomic E-state index is 0.251. The number of thioether (sulfide) groups is 1. The fourth-order valence-corrected chi connectivity index (χ4v) is 5.02. The number of anilines is 1. The van der Waals surface area contributed by atoms with E-state index in [1.54, 1.807) is 11.8 Å². The Kier molecular flexibility index (Phi) is 5.14. The Morgan fingerprint density at radius 3 is 2.61 bits per heavy atom. The second-order valence-electron chi connectivity index (χ2n) is 6.72. The van der Waals surface area contributed by atoms with Crippen LogP contribution >= 0.6 is 11.8 Å². The maximum absolute atomic E-state index is 11.1. The van der Waals surface area contributed by atoms with Crippen molar-refractivity contribution in [3.63, 3.8) is 0 Å². The molecule has 1 aliphatic heterocycles. The van der Waals surface area contributed by atoms with E-state index < -0.39 is 10.1 Å². The summed E-state index contributed by atoms with van der Waals surface area (Å²) in [6, 6.07) is 20.4. The minimum Gasteiger partial charge on any atom is -0.338 e. The van der Waals surface area contributed by atoms with E-state index in [1.165, 1.54) is 10.6 Å². The summed E-state index contributed by atoms with van der Waals surface area (Å²) in [6.07, 6.45) is 2.47. The topological polar surface area (TPSA) is 61.5 Å². The Labute approximate surface area is 169 Å². The van der Waals surface area contributed by atoms with Gasteiger partial charge in [-0.05, 0) is 24.3 Å². The third kappa shape index (κ3) is 3.92. The molecule has 0 unspecified atom stereocenters. The van der Waals surface area contributed by atoms with E-state index in [0.717, 1.165) is 21.6 Å². The Morgan fingerprint density at radius 1 is 1.07 bits per heavy atom. The van der Waals surface area contributed by atoms with Crippen molar-refractivity contribution in [2.45, 2.75) is 17.9 Å². The van der Waals surface area contributed by atoms with Gasteiger partial charge in [-0.15, -0.1) is 0 Å². The van der Waals surface area contributed by atoms with Gasteiger partial charge >= 0.3 is 0 Å². The number of rotatable bonds is 5. The fourth-order valence-electron chi connectivity index (χ4n) is 3.43. The van der Waals surface area contributed by atoms with Crippen LogP contribution in [0.5, 0.6) is 0 Å². The zero-order valence-electron chi connectivity index (χ0n) is 15.4. The molecule has 3 aromatic rings. The van der Waals surface area contributed by atoms with Crippen molar-refractivity contribution in [3.8, 4) is 0 Å². The summed E-state index contributed by atoms with van der Waals surface area (Å²) < 4.78 is 33.5. The van der Waals surface area contributed by atoms with Crippen LogP contribution in [-0.4, -0.2) is 25.8 Å². The van der Waals surface area contributed by atoms with Crippen LogP contribution in [0.4, 0.5) is 5.69 Å². The van der Waals surface area contributed by atoms with Gasteiger partial charge in [0.2, 0.25) is 11.2 Å².